The first-order valence-corrected chi connectivity index (χ1v) is 7.76. The van der Waals surface area contributed by atoms with Crippen LogP contribution in [0.25, 0.3) is 11.3 Å². The molecule has 0 saturated heterocycles. The van der Waals surface area contributed by atoms with Crippen LogP contribution >= 0.6 is 11.6 Å². The summed E-state index contributed by atoms with van der Waals surface area (Å²) in [6.45, 7) is -0.286. The zero-order valence-electron chi connectivity index (χ0n) is 13.0. The van der Waals surface area contributed by atoms with Crippen LogP contribution in [0.2, 0.25) is 5.02 Å². The van der Waals surface area contributed by atoms with E-state index in [0.717, 1.165) is 5.56 Å². The number of carboxylic acid groups (broad SMARTS) is 1. The number of nitrogens with one attached hydrogen (secondary N) is 2. The lowest BCUT2D eigenvalue weighted by Gasteiger charge is -2.11. The molecule has 0 saturated carbocycles. The Bertz CT molecular complexity index is 889. The van der Waals surface area contributed by atoms with Gasteiger partial charge in [0.1, 0.15) is 12.4 Å². The SMILES string of the molecule is O=C(O)CNc1nc(Nc2ccccc2Cl)cc(-c2ccncc2)n1. The number of benzene rings is 1. The van der Waals surface area contributed by atoms with Crippen LogP contribution in [0, 0.1) is 0 Å². The summed E-state index contributed by atoms with van der Waals surface area (Å²) >= 11 is 6.17. The number of carboxylic acids is 1. The molecule has 0 amide bonds. The van der Waals surface area contributed by atoms with Crippen molar-refractivity contribution in [1.82, 2.24) is 15.0 Å². The Morgan fingerprint density at radius 2 is 1.88 bits per heavy atom. The van der Waals surface area contributed by atoms with Gasteiger partial charge in [-0.25, -0.2) is 4.98 Å². The number of pyridine rings is 1. The molecule has 3 N–H and O–H groups in total. The van der Waals surface area contributed by atoms with Crippen molar-refractivity contribution in [2.75, 3.05) is 17.2 Å². The monoisotopic (exact) mass is 355 g/mol. The van der Waals surface area contributed by atoms with E-state index in [1.54, 1.807) is 24.5 Å². The number of anilines is 3. The third kappa shape index (κ3) is 4.42. The molecule has 126 valence electrons. The Hall–Kier alpha value is -3.19. The minimum absolute atomic E-state index is 0.200. The molecule has 0 bridgehead atoms. The highest BCUT2D eigenvalue weighted by molar-refractivity contribution is 6.33. The molecule has 3 rings (SSSR count). The fraction of sp³-hybridized carbons (Fsp3) is 0.0588. The Labute approximate surface area is 148 Å². The van der Waals surface area contributed by atoms with Gasteiger partial charge in [-0.3, -0.25) is 9.78 Å². The van der Waals surface area contributed by atoms with Crippen LogP contribution in [0.15, 0.2) is 54.9 Å². The van der Waals surface area contributed by atoms with E-state index < -0.39 is 5.97 Å². The van der Waals surface area contributed by atoms with Crippen molar-refractivity contribution in [2.45, 2.75) is 0 Å². The van der Waals surface area contributed by atoms with Gasteiger partial charge in [-0.1, -0.05) is 23.7 Å². The molecule has 0 aliphatic heterocycles. The summed E-state index contributed by atoms with van der Waals surface area (Å²) in [6.07, 6.45) is 3.31. The van der Waals surface area contributed by atoms with Crippen molar-refractivity contribution in [3.05, 3.63) is 59.9 Å². The summed E-state index contributed by atoms with van der Waals surface area (Å²) in [5, 5.41) is 15.2. The summed E-state index contributed by atoms with van der Waals surface area (Å²) in [5.41, 5.74) is 2.14. The zero-order valence-corrected chi connectivity index (χ0v) is 13.7. The van der Waals surface area contributed by atoms with Gasteiger partial charge in [0.15, 0.2) is 0 Å². The van der Waals surface area contributed by atoms with Gasteiger partial charge in [0, 0.05) is 24.0 Å². The van der Waals surface area contributed by atoms with Gasteiger partial charge < -0.3 is 15.7 Å². The molecule has 0 aliphatic rings. The van der Waals surface area contributed by atoms with Crippen LogP contribution in [0.3, 0.4) is 0 Å². The first-order valence-electron chi connectivity index (χ1n) is 7.38. The second-order valence-electron chi connectivity index (χ2n) is 5.05. The summed E-state index contributed by atoms with van der Waals surface area (Å²) in [4.78, 5) is 23.4. The van der Waals surface area contributed by atoms with Crippen LogP contribution in [0.4, 0.5) is 17.5 Å². The van der Waals surface area contributed by atoms with Crippen LogP contribution < -0.4 is 10.6 Å². The quantitative estimate of drug-likeness (QED) is 0.622. The lowest BCUT2D eigenvalue weighted by Crippen LogP contribution is -2.15. The zero-order chi connectivity index (χ0) is 17.6. The van der Waals surface area contributed by atoms with Crippen LogP contribution in [-0.4, -0.2) is 32.6 Å². The molecule has 0 aliphatic carbocycles. The standard InChI is InChI=1S/C17H14ClN5O2/c18-12-3-1-2-4-13(12)21-15-9-14(11-5-7-19-8-6-11)22-17(23-15)20-10-16(24)25/h1-9H,10H2,(H,24,25)(H2,20,21,22,23). The number of aliphatic carboxylic acids is 1. The Balaban J connectivity index is 1.97. The second kappa shape index (κ2) is 7.59. The van der Waals surface area contributed by atoms with E-state index in [1.807, 2.05) is 30.3 Å². The highest BCUT2D eigenvalue weighted by Crippen LogP contribution is 2.27. The highest BCUT2D eigenvalue weighted by Gasteiger charge is 2.09. The molecular weight excluding hydrogens is 342 g/mol. The maximum atomic E-state index is 10.8. The van der Waals surface area contributed by atoms with E-state index in [9.17, 15) is 4.79 Å². The average molecular weight is 356 g/mol. The first kappa shape index (κ1) is 16.7. The van der Waals surface area contributed by atoms with E-state index in [4.69, 9.17) is 16.7 Å². The van der Waals surface area contributed by atoms with Crippen molar-refractivity contribution in [3.8, 4) is 11.3 Å². The minimum Gasteiger partial charge on any atom is -0.480 e. The molecule has 2 heterocycles. The number of para-hydroxylation sites is 1. The number of carbonyl (C=O) groups is 1. The lowest BCUT2D eigenvalue weighted by atomic mass is 10.2. The summed E-state index contributed by atoms with van der Waals surface area (Å²) in [5.74, 6) is -0.312. The Morgan fingerprint density at radius 3 is 2.60 bits per heavy atom. The predicted molar refractivity (Wildman–Crippen MR) is 96.1 cm³/mol. The number of aromatic nitrogens is 3. The van der Waals surface area contributed by atoms with Gasteiger partial charge in [0.05, 0.1) is 16.4 Å². The molecule has 1 aromatic carbocycles. The lowest BCUT2D eigenvalue weighted by molar-refractivity contribution is -0.134. The van der Waals surface area contributed by atoms with Crippen molar-refractivity contribution >= 4 is 35.0 Å². The van der Waals surface area contributed by atoms with Crippen molar-refractivity contribution in [3.63, 3.8) is 0 Å². The average Bonchev–Trinajstić information content (AvgIpc) is 2.62. The number of hydrogen-bond acceptors (Lipinski definition) is 6. The molecule has 0 spiro atoms. The van der Waals surface area contributed by atoms with E-state index in [-0.39, 0.29) is 12.5 Å². The Kier molecular flexibility index (Phi) is 5.06. The maximum Gasteiger partial charge on any atom is 0.322 e. The Morgan fingerprint density at radius 1 is 1.12 bits per heavy atom. The van der Waals surface area contributed by atoms with Crippen LogP contribution in [0.5, 0.6) is 0 Å². The summed E-state index contributed by atoms with van der Waals surface area (Å²) in [6, 6.07) is 12.6. The highest BCUT2D eigenvalue weighted by atomic mass is 35.5. The maximum absolute atomic E-state index is 10.8. The molecule has 8 heteroatoms. The number of hydrogen-bond donors (Lipinski definition) is 3. The van der Waals surface area contributed by atoms with E-state index in [2.05, 4.69) is 25.6 Å². The fourth-order valence-electron chi connectivity index (χ4n) is 2.12. The van der Waals surface area contributed by atoms with Gasteiger partial charge in [-0.2, -0.15) is 4.98 Å². The van der Waals surface area contributed by atoms with Gasteiger partial charge in [-0.05, 0) is 24.3 Å². The molecule has 0 unspecified atom stereocenters. The van der Waals surface area contributed by atoms with Crippen molar-refractivity contribution in [2.24, 2.45) is 0 Å². The van der Waals surface area contributed by atoms with E-state index in [1.165, 1.54) is 0 Å². The largest absolute Gasteiger partial charge is 0.480 e. The third-order valence-corrected chi connectivity index (χ3v) is 3.57. The number of nitrogens with zero attached hydrogens (tertiary/aromatic N) is 3. The molecule has 7 nitrogen and oxygen atoms in total. The molecule has 25 heavy (non-hydrogen) atoms. The second-order valence-corrected chi connectivity index (χ2v) is 5.46. The molecule has 0 fully saturated rings. The van der Waals surface area contributed by atoms with Gasteiger partial charge >= 0.3 is 5.97 Å². The van der Waals surface area contributed by atoms with Crippen molar-refractivity contribution < 1.29 is 9.90 Å². The summed E-state index contributed by atoms with van der Waals surface area (Å²) < 4.78 is 0. The molecular formula is C17H14ClN5O2. The van der Waals surface area contributed by atoms with Crippen LogP contribution in [0.1, 0.15) is 0 Å². The fourth-order valence-corrected chi connectivity index (χ4v) is 2.30. The predicted octanol–water partition coefficient (Wildman–Crippen LogP) is 3.43. The molecule has 0 radical (unpaired) electrons. The number of halogens is 1. The summed E-state index contributed by atoms with van der Waals surface area (Å²) in [7, 11) is 0. The third-order valence-electron chi connectivity index (χ3n) is 3.24. The molecule has 2 aromatic heterocycles. The molecule has 0 atom stereocenters. The minimum atomic E-state index is -1.00. The topological polar surface area (TPSA) is 100 Å². The van der Waals surface area contributed by atoms with Gasteiger partial charge in [0.25, 0.3) is 0 Å². The van der Waals surface area contributed by atoms with Gasteiger partial charge in [0.2, 0.25) is 5.95 Å². The van der Waals surface area contributed by atoms with Crippen molar-refractivity contribution in [1.29, 1.82) is 0 Å². The van der Waals surface area contributed by atoms with E-state index >= 15 is 0 Å². The van der Waals surface area contributed by atoms with Gasteiger partial charge in [-0.15, -0.1) is 0 Å². The first-order chi connectivity index (χ1) is 12.1. The van der Waals surface area contributed by atoms with Crippen LogP contribution in [-0.2, 0) is 4.79 Å². The normalized spacial score (nSPS) is 10.3. The smallest absolute Gasteiger partial charge is 0.322 e. The number of rotatable bonds is 6. The molecule has 3 aromatic rings. The van der Waals surface area contributed by atoms with E-state index in [0.29, 0.717) is 22.2 Å².